The van der Waals surface area contributed by atoms with E-state index in [9.17, 15) is 18.0 Å². The van der Waals surface area contributed by atoms with Crippen LogP contribution in [0.1, 0.15) is 59.3 Å². The topological polar surface area (TPSA) is 29.1 Å². The summed E-state index contributed by atoms with van der Waals surface area (Å²) in [5.41, 5.74) is 3.08. The molecule has 1 N–H and O–H groups in total. The van der Waals surface area contributed by atoms with Gasteiger partial charge in [0.1, 0.15) is 0 Å². The van der Waals surface area contributed by atoms with E-state index in [-0.39, 0.29) is 6.04 Å². The monoisotopic (exact) mass is 347 g/mol. The van der Waals surface area contributed by atoms with E-state index >= 15 is 0 Å². The van der Waals surface area contributed by atoms with Crippen molar-refractivity contribution in [3.05, 3.63) is 70.0 Å². The summed E-state index contributed by atoms with van der Waals surface area (Å²) >= 11 is 0. The minimum absolute atomic E-state index is 0.313. The largest absolute Gasteiger partial charge is 0.345 e. The molecule has 0 saturated heterocycles. The predicted molar refractivity (Wildman–Crippen MR) is 89.9 cm³/mol. The third-order valence-corrected chi connectivity index (χ3v) is 4.77. The molecule has 0 bridgehead atoms. The van der Waals surface area contributed by atoms with Crippen LogP contribution >= 0.6 is 0 Å². The molecule has 5 heteroatoms. The molecule has 1 amide bonds. The second-order valence-electron chi connectivity index (χ2n) is 6.39. The van der Waals surface area contributed by atoms with Gasteiger partial charge in [0.15, 0.2) is 17.5 Å². The fourth-order valence-electron chi connectivity index (χ4n) is 3.33. The molecular formula is C20H20F3NO. The highest BCUT2D eigenvalue weighted by molar-refractivity contribution is 5.94. The van der Waals surface area contributed by atoms with Crippen molar-refractivity contribution >= 4 is 5.91 Å². The lowest BCUT2D eigenvalue weighted by Gasteiger charge is -2.22. The highest BCUT2D eigenvalue weighted by Gasteiger charge is 2.22. The van der Waals surface area contributed by atoms with E-state index in [1.807, 2.05) is 13.0 Å². The molecule has 25 heavy (non-hydrogen) atoms. The van der Waals surface area contributed by atoms with Crippen LogP contribution in [0.5, 0.6) is 0 Å². The maximum Gasteiger partial charge on any atom is 0.254 e. The Morgan fingerprint density at radius 3 is 2.48 bits per heavy atom. The number of benzene rings is 2. The summed E-state index contributed by atoms with van der Waals surface area (Å²) in [6.07, 6.45) is 5.04. The Kier molecular flexibility index (Phi) is 5.11. The standard InChI is InChI=1S/C20H20F3NO/c1-2-17(14-8-7-12-5-3-4-6-13(12)11-14)24-20(25)15-9-10-16(21)19(23)18(15)22/h7-11,17H,2-6H2,1H3,(H,24,25). The predicted octanol–water partition coefficient (Wildman–Crippen LogP) is 4.86. The molecule has 2 aromatic carbocycles. The molecule has 0 aliphatic heterocycles. The van der Waals surface area contributed by atoms with Crippen molar-refractivity contribution in [3.63, 3.8) is 0 Å². The van der Waals surface area contributed by atoms with Gasteiger partial charge in [-0.3, -0.25) is 4.79 Å². The van der Waals surface area contributed by atoms with Gasteiger partial charge in [-0.1, -0.05) is 25.1 Å². The second-order valence-corrected chi connectivity index (χ2v) is 6.39. The second kappa shape index (κ2) is 7.30. The third kappa shape index (κ3) is 3.55. The van der Waals surface area contributed by atoms with Crippen molar-refractivity contribution in [2.75, 3.05) is 0 Å². The number of rotatable bonds is 4. The maximum atomic E-state index is 13.8. The zero-order chi connectivity index (χ0) is 18.0. The van der Waals surface area contributed by atoms with Gasteiger partial charge < -0.3 is 5.32 Å². The van der Waals surface area contributed by atoms with Gasteiger partial charge in [0.2, 0.25) is 0 Å². The Morgan fingerprint density at radius 1 is 1.04 bits per heavy atom. The van der Waals surface area contributed by atoms with Crippen LogP contribution in [-0.4, -0.2) is 5.91 Å². The highest BCUT2D eigenvalue weighted by atomic mass is 19.2. The number of nitrogens with one attached hydrogen (secondary N) is 1. The lowest BCUT2D eigenvalue weighted by atomic mass is 9.88. The van der Waals surface area contributed by atoms with Crippen LogP contribution < -0.4 is 5.32 Å². The molecule has 0 heterocycles. The number of amides is 1. The number of fused-ring (bicyclic) bond motifs is 1. The molecule has 3 rings (SSSR count). The van der Waals surface area contributed by atoms with E-state index in [0.717, 1.165) is 37.0 Å². The first-order valence-electron chi connectivity index (χ1n) is 8.57. The summed E-state index contributed by atoms with van der Waals surface area (Å²) < 4.78 is 40.2. The van der Waals surface area contributed by atoms with Gasteiger partial charge in [-0.25, -0.2) is 13.2 Å². The summed E-state index contributed by atoms with van der Waals surface area (Å²) in [5, 5.41) is 2.73. The van der Waals surface area contributed by atoms with Crippen molar-refractivity contribution < 1.29 is 18.0 Å². The molecule has 0 radical (unpaired) electrons. The van der Waals surface area contributed by atoms with E-state index in [1.165, 1.54) is 17.5 Å². The number of hydrogen-bond acceptors (Lipinski definition) is 1. The lowest BCUT2D eigenvalue weighted by molar-refractivity contribution is 0.0930. The van der Waals surface area contributed by atoms with Crippen molar-refractivity contribution in [2.45, 2.75) is 45.1 Å². The summed E-state index contributed by atoms with van der Waals surface area (Å²) in [6, 6.07) is 7.55. The molecular weight excluding hydrogens is 327 g/mol. The zero-order valence-corrected chi connectivity index (χ0v) is 14.0. The zero-order valence-electron chi connectivity index (χ0n) is 14.0. The molecule has 0 saturated carbocycles. The van der Waals surface area contributed by atoms with E-state index in [0.29, 0.717) is 6.42 Å². The van der Waals surface area contributed by atoms with Gasteiger partial charge >= 0.3 is 0 Å². The minimum atomic E-state index is -1.63. The van der Waals surface area contributed by atoms with Crippen LogP contribution in [0.4, 0.5) is 13.2 Å². The maximum absolute atomic E-state index is 13.8. The molecule has 0 fully saturated rings. The molecule has 132 valence electrons. The first kappa shape index (κ1) is 17.5. The van der Waals surface area contributed by atoms with E-state index in [4.69, 9.17) is 0 Å². The van der Waals surface area contributed by atoms with Crippen LogP contribution in [-0.2, 0) is 12.8 Å². The normalized spacial score (nSPS) is 14.7. The number of carbonyl (C=O) groups excluding carboxylic acids is 1. The first-order chi connectivity index (χ1) is 12.0. The van der Waals surface area contributed by atoms with Gasteiger partial charge in [-0.2, -0.15) is 0 Å². The smallest absolute Gasteiger partial charge is 0.254 e. The van der Waals surface area contributed by atoms with Crippen LogP contribution in [0, 0.1) is 17.5 Å². The Morgan fingerprint density at radius 2 is 1.76 bits per heavy atom. The average molecular weight is 347 g/mol. The van der Waals surface area contributed by atoms with Crippen LogP contribution in [0.15, 0.2) is 30.3 Å². The number of carbonyl (C=O) groups is 1. The molecule has 2 nitrogen and oxygen atoms in total. The summed E-state index contributed by atoms with van der Waals surface area (Å²) in [6.45, 7) is 1.91. The van der Waals surface area contributed by atoms with Gasteiger partial charge in [-0.15, -0.1) is 0 Å². The van der Waals surface area contributed by atoms with Crippen molar-refractivity contribution in [1.82, 2.24) is 5.32 Å². The van der Waals surface area contributed by atoms with Gasteiger partial charge in [-0.05, 0) is 60.9 Å². The fourth-order valence-corrected chi connectivity index (χ4v) is 3.33. The van der Waals surface area contributed by atoms with Crippen LogP contribution in [0.25, 0.3) is 0 Å². The van der Waals surface area contributed by atoms with E-state index < -0.39 is 28.9 Å². The van der Waals surface area contributed by atoms with Crippen molar-refractivity contribution in [1.29, 1.82) is 0 Å². The Hall–Kier alpha value is -2.30. The molecule has 1 atom stereocenters. The SMILES string of the molecule is CCC(NC(=O)c1ccc(F)c(F)c1F)c1ccc2c(c1)CCCC2. The lowest BCUT2D eigenvalue weighted by Crippen LogP contribution is -2.29. The Balaban J connectivity index is 1.83. The van der Waals surface area contributed by atoms with Gasteiger partial charge in [0.05, 0.1) is 11.6 Å². The van der Waals surface area contributed by atoms with Crippen molar-refractivity contribution in [2.24, 2.45) is 0 Å². The molecule has 1 aliphatic carbocycles. The average Bonchev–Trinajstić information content (AvgIpc) is 2.63. The van der Waals surface area contributed by atoms with Gasteiger partial charge in [0.25, 0.3) is 5.91 Å². The van der Waals surface area contributed by atoms with Crippen LogP contribution in [0.3, 0.4) is 0 Å². The number of hydrogen-bond donors (Lipinski definition) is 1. The quantitative estimate of drug-likeness (QED) is 0.786. The van der Waals surface area contributed by atoms with E-state index in [1.54, 1.807) is 0 Å². The van der Waals surface area contributed by atoms with Crippen molar-refractivity contribution in [3.8, 4) is 0 Å². The van der Waals surface area contributed by atoms with Crippen LogP contribution in [0.2, 0.25) is 0 Å². The van der Waals surface area contributed by atoms with E-state index in [2.05, 4.69) is 17.4 Å². The molecule has 0 spiro atoms. The highest BCUT2D eigenvalue weighted by Crippen LogP contribution is 2.26. The summed E-state index contributed by atoms with van der Waals surface area (Å²) in [7, 11) is 0. The fraction of sp³-hybridized carbons (Fsp3) is 0.350. The third-order valence-electron chi connectivity index (χ3n) is 4.77. The first-order valence-corrected chi connectivity index (χ1v) is 8.57. The summed E-state index contributed by atoms with van der Waals surface area (Å²) in [5.74, 6) is -5.15. The number of aryl methyl sites for hydroxylation is 2. The summed E-state index contributed by atoms with van der Waals surface area (Å²) in [4.78, 5) is 12.3. The number of halogens is 3. The molecule has 1 aliphatic rings. The molecule has 1 unspecified atom stereocenters. The molecule has 2 aromatic rings. The molecule has 0 aromatic heterocycles. The minimum Gasteiger partial charge on any atom is -0.345 e. The Labute approximate surface area is 145 Å². The van der Waals surface area contributed by atoms with Gasteiger partial charge in [0, 0.05) is 0 Å². The Bertz CT molecular complexity index is 804.